The minimum absolute atomic E-state index is 0.00225. The van der Waals surface area contributed by atoms with Crippen LogP contribution in [0.2, 0.25) is 10.0 Å². The number of fused-ring (bicyclic) bond motifs is 4. The van der Waals surface area contributed by atoms with Crippen molar-refractivity contribution in [1.29, 1.82) is 0 Å². The number of aromatic carboxylic acids is 1. The Morgan fingerprint density at radius 2 is 0.993 bits per heavy atom. The van der Waals surface area contributed by atoms with Crippen molar-refractivity contribution in [3.63, 3.8) is 0 Å². The smallest absolute Gasteiger partial charge is 0.477 e. The second-order valence-electron chi connectivity index (χ2n) is 28.6. The Bertz CT molecular complexity index is 6790. The number of hydrogen-bond acceptors (Lipinski definition) is 29. The molecular weight excluding hydrogens is 1990 g/mol. The third-order valence-electron chi connectivity index (χ3n) is 18.1. The van der Waals surface area contributed by atoms with Crippen LogP contribution >= 0.6 is 74.0 Å². The Hall–Kier alpha value is -13.9. The van der Waals surface area contributed by atoms with Crippen LogP contribution in [0, 0.1) is 11.6 Å². The number of nitrogen functional groups attached to an aromatic ring is 1. The van der Waals surface area contributed by atoms with Crippen LogP contribution in [0.1, 0.15) is 66.1 Å². The number of amides is 3. The number of likely N-dealkylation sites (tertiary alicyclic amines) is 3. The van der Waals surface area contributed by atoms with Crippen LogP contribution in [0.4, 0.5) is 22.0 Å². The van der Waals surface area contributed by atoms with Crippen LogP contribution in [0.15, 0.2) is 220 Å². The fourth-order valence-electron chi connectivity index (χ4n) is 11.7. The van der Waals surface area contributed by atoms with E-state index < -0.39 is 60.6 Å². The molecule has 44 nitrogen and oxygen atoms in total. The number of nitrogens with two attached hydrogens (primary N) is 2. The lowest BCUT2D eigenvalue weighted by molar-refractivity contribution is -0.145. The molecule has 3 amide bonds. The Kier molecular flexibility index (Phi) is 36.8. The molecule has 0 aliphatic carbocycles. The summed E-state index contributed by atoms with van der Waals surface area (Å²) in [5.74, 6) is 6.68. The number of rotatable bonds is 15. The van der Waals surface area contributed by atoms with Gasteiger partial charge in [-0.3, -0.25) is 47.3 Å². The first kappa shape index (κ1) is 104. The molecular formula is C78H79BBr2Cl3F5N27O17P. The van der Waals surface area contributed by atoms with Crippen LogP contribution in [0.5, 0.6) is 0 Å². The van der Waals surface area contributed by atoms with Gasteiger partial charge in [0.25, 0.3) is 29.6 Å². The number of esters is 2. The number of carbonyl (C=O) groups is 6. The van der Waals surface area contributed by atoms with Gasteiger partial charge in [0, 0.05) is 16.2 Å². The van der Waals surface area contributed by atoms with Gasteiger partial charge in [0.1, 0.15) is 136 Å². The maximum atomic E-state index is 13.6. The molecule has 11 N–H and O–H groups in total. The number of H-pyrrole nitrogens is 4. The molecule has 3 saturated heterocycles. The number of carboxylic acid groups (broad SMARTS) is 1. The topological polar surface area (TPSA) is 575 Å². The first-order valence-electron chi connectivity index (χ1n) is 38.7. The van der Waals surface area contributed by atoms with Crippen molar-refractivity contribution in [2.45, 2.75) is 64.7 Å². The quantitative estimate of drug-likeness (QED) is 0.0124. The van der Waals surface area contributed by atoms with Crippen LogP contribution in [0.3, 0.4) is 0 Å². The molecule has 56 heteroatoms. The maximum absolute atomic E-state index is 13.6. The van der Waals surface area contributed by atoms with Gasteiger partial charge in [0.2, 0.25) is 17.7 Å². The molecule has 706 valence electrons. The molecule has 0 atom stereocenters. The van der Waals surface area contributed by atoms with Gasteiger partial charge in [-0.15, -0.1) is 11.6 Å². The summed E-state index contributed by atoms with van der Waals surface area (Å²) < 4.78 is 102. The van der Waals surface area contributed by atoms with Crippen LogP contribution in [-0.2, 0) is 46.1 Å². The van der Waals surface area contributed by atoms with Gasteiger partial charge in [-0.05, 0) is 127 Å². The highest BCUT2D eigenvalue weighted by atomic mass is 79.9. The van der Waals surface area contributed by atoms with Gasteiger partial charge in [-0.2, -0.15) is 20.4 Å². The number of carboxylic acids is 1. The summed E-state index contributed by atoms with van der Waals surface area (Å²) in [5.41, 5.74) is -2.19. The molecule has 3 aliphatic rings. The fourth-order valence-corrected chi connectivity index (χ4v) is 14.8. The van der Waals surface area contributed by atoms with Crippen molar-refractivity contribution in [3.8, 4) is 11.3 Å². The van der Waals surface area contributed by atoms with Crippen molar-refractivity contribution in [1.82, 2.24) is 122 Å². The number of halogens is 10. The number of imidazole rings is 7. The highest BCUT2D eigenvalue weighted by Crippen LogP contribution is 2.42. The van der Waals surface area contributed by atoms with Crippen molar-refractivity contribution in [2.24, 2.45) is 5.90 Å². The van der Waals surface area contributed by atoms with E-state index in [-0.39, 0.29) is 142 Å². The Balaban J connectivity index is 0.000000171. The second-order valence-corrected chi connectivity index (χ2v) is 33.6. The normalized spacial score (nSPS) is 13.2. The molecule has 0 unspecified atom stereocenters. The Labute approximate surface area is 783 Å². The van der Waals surface area contributed by atoms with Gasteiger partial charge in [0.15, 0.2) is 22.2 Å². The van der Waals surface area contributed by atoms with Gasteiger partial charge in [0.05, 0.1) is 100.0 Å². The van der Waals surface area contributed by atoms with E-state index in [2.05, 4.69) is 117 Å². The lowest BCUT2D eigenvalue weighted by atomic mass is 9.80. The number of nitrogens with one attached hydrogen (secondary N) is 4. The molecule has 0 saturated carbocycles. The number of benzene rings is 4. The van der Waals surface area contributed by atoms with E-state index in [1.807, 2.05) is 36.4 Å². The lowest BCUT2D eigenvalue weighted by Crippen LogP contribution is -2.60. The number of aromatic amines is 4. The van der Waals surface area contributed by atoms with Crippen LogP contribution in [0.25, 0.3) is 33.3 Å². The predicted molar refractivity (Wildman–Crippen MR) is 481 cm³/mol. The zero-order chi connectivity index (χ0) is 97.9. The van der Waals surface area contributed by atoms with E-state index in [1.165, 1.54) is 183 Å². The van der Waals surface area contributed by atoms with E-state index >= 15 is 0 Å². The molecule has 4 aromatic carbocycles. The molecule has 3 aliphatic heterocycles. The zero-order valence-corrected chi connectivity index (χ0v) is 76.9. The number of ether oxygens (including phenoxy) is 2. The largest absolute Gasteiger partial charge is 0.488 e. The number of alkyl halides is 4. The molecule has 15 aromatic rings. The third kappa shape index (κ3) is 28.1. The monoisotopic (exact) mass is 2070 g/mol. The second kappa shape index (κ2) is 47.5. The molecule has 134 heavy (non-hydrogen) atoms. The van der Waals surface area contributed by atoms with E-state index in [4.69, 9.17) is 66.3 Å². The first-order chi connectivity index (χ1) is 63.6. The number of nitrogens with zero attached hydrogens (tertiary/aromatic N) is 21. The summed E-state index contributed by atoms with van der Waals surface area (Å²) in [5, 5.41) is 42.1. The number of carbonyl (C=O) groups excluding carboxylic acids is 5. The van der Waals surface area contributed by atoms with Crippen molar-refractivity contribution in [3.05, 3.63) is 281 Å². The highest BCUT2D eigenvalue weighted by Gasteiger charge is 2.43. The minimum Gasteiger partial charge on any atom is -0.477 e. The summed E-state index contributed by atoms with van der Waals surface area (Å²) in [7, 11) is -4.73. The molecule has 3 fully saturated rings. The van der Waals surface area contributed by atoms with Gasteiger partial charge < -0.3 is 65.1 Å². The minimum atomic E-state index is -3.13. The summed E-state index contributed by atoms with van der Waals surface area (Å²) >= 11 is 22.7. The summed E-state index contributed by atoms with van der Waals surface area (Å²) in [6.45, 7) is 8.66. The SMILES string of the molecule is CC1(F)CN(C(=O)CCl)C1.CC1(F)CN(C(=O)Cn2cnn3cnc(-c4ccc(F)c(Cl)c4)c3c2=O)C1.CC1(F)CN(C(=O)Cn2cnn3cnc(Br)c3c2=O)C1.CCOC(=O)c1cnc[nH]1.CCOC(=O)c1cncn1N.NOP(=O)(c1ccccc1)c1ccccc1.O=C(O)c1cnc[nH]1.O=c1[nH]cnn2cnc(Br)c12.O=c1[nH]cnn2cncc12.OB(O)c1ccc(F)c(Cl)c1. The number of aromatic nitrogens is 22. The van der Waals surface area contributed by atoms with Crippen LogP contribution < -0.4 is 50.0 Å². The summed E-state index contributed by atoms with van der Waals surface area (Å²) in [6.07, 6.45) is 20.4. The van der Waals surface area contributed by atoms with Gasteiger partial charge >= 0.3 is 25.0 Å². The van der Waals surface area contributed by atoms with E-state index in [1.54, 1.807) is 38.1 Å². The maximum Gasteiger partial charge on any atom is 0.488 e. The molecule has 18 rings (SSSR count). The highest BCUT2D eigenvalue weighted by molar-refractivity contribution is 9.10. The molecule has 0 spiro atoms. The van der Waals surface area contributed by atoms with Crippen LogP contribution in [-0.4, -0.2) is 255 Å². The molecule has 14 heterocycles. The molecule has 11 aromatic heterocycles. The van der Waals surface area contributed by atoms with Gasteiger partial charge in [-0.25, -0.2) is 104 Å². The Morgan fingerprint density at radius 1 is 0.537 bits per heavy atom. The standard InChI is InChI=1S/C17H14ClF2N5O2.C12H12NO2P.C11H11BrFN5O2.C6H5BClFO2.C6H9ClFNO.C6H9N3O2.C6H8N2O2.C5H3BrN4O.C5H4N4O.C4H4N2O2/c1-17(20)6-24(7-17)13(26)5-23-9-22-25-8-21-14(15(25)16(23)27)10-2-3-12(19)11(18)4-10;13-15-16(14,11-7-3-1-4-8-11)12-9-5-2-6-10-12;1-11(13)3-17(4-11)7(19)2-16-6-15-18-5-14-9(12)8(18)10(16)20;8-5-3-4(7(10)11)1-2-6(5)9;1-6(8)3-9(4-6)5(10)2-7;1-2-11-6(10)5-3-8-4-9(5)7;1-2-10-6(9)5-3-7-4-8-5;6-4-3-5(11)7-1-9-10(3)2-8-4;10-5-4-1-6-3-9(4)8-2-7-5;7-4(8)3-1-5-2-6-3/h2-4,8-9H,5-7H2,1H3;1-10H,13H2;5-6H,2-4H2,1H3;1-3,10-11H;2-4H2,1H3;3-4H,2,7H2,1H3;3-4H,2H2,1H3,(H,7,8);1-2H,(H,7,9,11);1-3H,(H,7,8,10);1-2H,(H,5,6)(H,7,8). The predicted octanol–water partition coefficient (Wildman–Crippen LogP) is 4.97. The number of hydrogen-bond donors (Lipinski definition) is 9. The van der Waals surface area contributed by atoms with E-state index in [9.17, 15) is 74.5 Å². The van der Waals surface area contributed by atoms with Crippen molar-refractivity contribution >= 4 is 155 Å². The first-order valence-corrected chi connectivity index (χ1v) is 43.2. The molecule has 0 bridgehead atoms. The third-order valence-corrected chi connectivity index (χ3v) is 22.3. The lowest BCUT2D eigenvalue weighted by Gasteiger charge is -2.42. The van der Waals surface area contributed by atoms with Crippen molar-refractivity contribution in [2.75, 3.05) is 64.2 Å². The van der Waals surface area contributed by atoms with E-state index in [0.717, 1.165) is 15.3 Å². The molecule has 0 radical (unpaired) electrons. The average Bonchev–Trinajstić information content (AvgIpc) is 1.57. The zero-order valence-electron chi connectivity index (χ0n) is 70.6. The van der Waals surface area contributed by atoms with Crippen molar-refractivity contribution < 1.29 is 84.5 Å². The average molecular weight is 2070 g/mol. The summed E-state index contributed by atoms with van der Waals surface area (Å²) in [4.78, 5) is 154. The van der Waals surface area contributed by atoms with E-state index in [0.29, 0.717) is 55.3 Å². The fraction of sp³-hybridized carbons (Fsp3) is 0.244. The Morgan fingerprint density at radius 3 is 1.43 bits per heavy atom. The van der Waals surface area contributed by atoms with Gasteiger partial charge in [-0.1, -0.05) is 65.7 Å². The summed E-state index contributed by atoms with van der Waals surface area (Å²) in [6, 6.07) is 25.5.